The van der Waals surface area contributed by atoms with Crippen LogP contribution < -0.4 is 0 Å². The zero-order valence-corrected chi connectivity index (χ0v) is 11.6. The van der Waals surface area contributed by atoms with Crippen LogP contribution in [0.5, 0.6) is 0 Å². The molecule has 2 heterocycles. The molecule has 0 radical (unpaired) electrons. The highest BCUT2D eigenvalue weighted by Crippen LogP contribution is 2.15. The number of hydrogen-bond acceptors (Lipinski definition) is 4. The predicted molar refractivity (Wildman–Crippen MR) is 69.7 cm³/mol. The summed E-state index contributed by atoms with van der Waals surface area (Å²) in [4.78, 5) is 13.8. The van der Waals surface area contributed by atoms with E-state index in [0.29, 0.717) is 12.2 Å². The number of H-pyrrole nitrogens is 1. The first-order valence-corrected chi connectivity index (χ1v) is 6.24. The van der Waals surface area contributed by atoms with Crippen LogP contribution in [0.25, 0.3) is 0 Å². The van der Waals surface area contributed by atoms with E-state index in [0.717, 1.165) is 29.1 Å². The normalized spacial score (nSPS) is 10.7. The van der Waals surface area contributed by atoms with Crippen LogP contribution in [-0.2, 0) is 13.0 Å². The Bertz CT molecular complexity index is 566. The number of amides is 1. The summed E-state index contributed by atoms with van der Waals surface area (Å²) >= 11 is 0. The average Bonchev–Trinajstić information content (AvgIpc) is 2.99. The number of hydrogen-bond donors (Lipinski definition) is 1. The van der Waals surface area contributed by atoms with Gasteiger partial charge >= 0.3 is 0 Å². The molecular formula is C13H18N4O2. The first kappa shape index (κ1) is 13.3. The quantitative estimate of drug-likeness (QED) is 0.912. The van der Waals surface area contributed by atoms with Gasteiger partial charge in [-0.3, -0.25) is 9.89 Å². The number of carbonyl (C=O) groups excluding carboxylic acids is 1. The molecular weight excluding hydrogens is 244 g/mol. The highest BCUT2D eigenvalue weighted by molar-refractivity contribution is 5.92. The molecule has 6 heteroatoms. The molecule has 0 unspecified atom stereocenters. The monoisotopic (exact) mass is 262 g/mol. The van der Waals surface area contributed by atoms with E-state index < -0.39 is 0 Å². The molecule has 2 aromatic heterocycles. The predicted octanol–water partition coefficient (Wildman–Crippen LogP) is 1.85. The van der Waals surface area contributed by atoms with Gasteiger partial charge in [-0.2, -0.15) is 5.10 Å². The molecule has 0 bridgehead atoms. The largest absolute Gasteiger partial charge is 0.361 e. The topological polar surface area (TPSA) is 75.0 Å². The maximum absolute atomic E-state index is 12.2. The van der Waals surface area contributed by atoms with Gasteiger partial charge < -0.3 is 9.42 Å². The van der Waals surface area contributed by atoms with Crippen LogP contribution in [-0.4, -0.2) is 33.2 Å². The molecule has 0 aliphatic heterocycles. The SMILES string of the molecule is CCc1cc(C(=O)N(C)Cc2c(C)noc2C)n[nH]1. The summed E-state index contributed by atoms with van der Waals surface area (Å²) in [5, 5.41) is 10.8. The standard InChI is InChI=1S/C13H18N4O2/c1-5-10-6-12(15-14-10)13(18)17(4)7-11-8(2)16-19-9(11)3/h6H,5,7H2,1-4H3,(H,14,15). The zero-order valence-electron chi connectivity index (χ0n) is 11.6. The minimum atomic E-state index is -0.115. The molecule has 0 saturated carbocycles. The van der Waals surface area contributed by atoms with Crippen molar-refractivity contribution in [2.45, 2.75) is 33.7 Å². The number of rotatable bonds is 4. The summed E-state index contributed by atoms with van der Waals surface area (Å²) < 4.78 is 5.09. The van der Waals surface area contributed by atoms with Gasteiger partial charge in [0.1, 0.15) is 11.5 Å². The summed E-state index contributed by atoms with van der Waals surface area (Å²) in [6.07, 6.45) is 0.827. The minimum absolute atomic E-state index is 0.115. The molecule has 0 saturated heterocycles. The molecule has 0 fully saturated rings. The van der Waals surface area contributed by atoms with E-state index in [9.17, 15) is 4.79 Å². The van der Waals surface area contributed by atoms with Crippen LogP contribution in [0.15, 0.2) is 10.6 Å². The summed E-state index contributed by atoms with van der Waals surface area (Å²) in [7, 11) is 1.74. The summed E-state index contributed by atoms with van der Waals surface area (Å²) in [5.41, 5.74) is 3.15. The van der Waals surface area contributed by atoms with Crippen molar-refractivity contribution in [1.29, 1.82) is 0 Å². The van der Waals surface area contributed by atoms with E-state index >= 15 is 0 Å². The van der Waals surface area contributed by atoms with E-state index in [1.165, 1.54) is 0 Å². The second-order valence-corrected chi connectivity index (χ2v) is 4.60. The molecule has 6 nitrogen and oxygen atoms in total. The Morgan fingerprint density at radius 3 is 2.74 bits per heavy atom. The average molecular weight is 262 g/mol. The van der Waals surface area contributed by atoms with E-state index in [1.807, 2.05) is 20.8 Å². The molecule has 0 aliphatic carbocycles. The Morgan fingerprint density at radius 2 is 2.21 bits per heavy atom. The molecule has 2 aromatic rings. The van der Waals surface area contributed by atoms with E-state index in [1.54, 1.807) is 18.0 Å². The fourth-order valence-electron chi connectivity index (χ4n) is 1.88. The Hall–Kier alpha value is -2.11. The second kappa shape index (κ2) is 5.26. The summed E-state index contributed by atoms with van der Waals surface area (Å²) in [6, 6.07) is 1.78. The van der Waals surface area contributed by atoms with Crippen LogP contribution >= 0.6 is 0 Å². The van der Waals surface area contributed by atoms with Crippen LogP contribution in [0.1, 0.15) is 40.1 Å². The third-order valence-corrected chi connectivity index (χ3v) is 3.15. The summed E-state index contributed by atoms with van der Waals surface area (Å²) in [6.45, 7) is 6.19. The lowest BCUT2D eigenvalue weighted by atomic mass is 10.2. The zero-order chi connectivity index (χ0) is 14.0. The maximum atomic E-state index is 12.2. The van der Waals surface area contributed by atoms with Crippen LogP contribution in [0.4, 0.5) is 0 Å². The van der Waals surface area contributed by atoms with Gasteiger partial charge in [0.05, 0.1) is 12.2 Å². The van der Waals surface area contributed by atoms with Crippen molar-refractivity contribution in [3.8, 4) is 0 Å². The van der Waals surface area contributed by atoms with Crippen molar-refractivity contribution >= 4 is 5.91 Å². The van der Waals surface area contributed by atoms with Gasteiger partial charge in [0.15, 0.2) is 0 Å². The Morgan fingerprint density at radius 1 is 1.47 bits per heavy atom. The number of carbonyl (C=O) groups is 1. The van der Waals surface area contributed by atoms with Crippen molar-refractivity contribution < 1.29 is 9.32 Å². The minimum Gasteiger partial charge on any atom is -0.361 e. The molecule has 0 spiro atoms. The third kappa shape index (κ3) is 2.67. The smallest absolute Gasteiger partial charge is 0.274 e. The first-order chi connectivity index (χ1) is 9.02. The summed E-state index contributed by atoms with van der Waals surface area (Å²) in [5.74, 6) is 0.629. The lowest BCUT2D eigenvalue weighted by Gasteiger charge is -2.15. The maximum Gasteiger partial charge on any atom is 0.274 e. The van der Waals surface area contributed by atoms with Gasteiger partial charge in [-0.05, 0) is 26.3 Å². The van der Waals surface area contributed by atoms with Crippen molar-refractivity contribution in [2.24, 2.45) is 0 Å². The van der Waals surface area contributed by atoms with Crippen LogP contribution in [0.3, 0.4) is 0 Å². The van der Waals surface area contributed by atoms with Crippen LogP contribution in [0.2, 0.25) is 0 Å². The highest BCUT2D eigenvalue weighted by atomic mass is 16.5. The Balaban J connectivity index is 2.11. The molecule has 0 atom stereocenters. The van der Waals surface area contributed by atoms with Crippen molar-refractivity contribution in [1.82, 2.24) is 20.3 Å². The van der Waals surface area contributed by atoms with E-state index in [-0.39, 0.29) is 5.91 Å². The lowest BCUT2D eigenvalue weighted by Crippen LogP contribution is -2.27. The fraction of sp³-hybridized carbons (Fsp3) is 0.462. The van der Waals surface area contributed by atoms with Gasteiger partial charge in [-0.15, -0.1) is 0 Å². The van der Waals surface area contributed by atoms with Gasteiger partial charge in [0, 0.05) is 18.3 Å². The number of aryl methyl sites for hydroxylation is 3. The molecule has 102 valence electrons. The third-order valence-electron chi connectivity index (χ3n) is 3.15. The fourth-order valence-corrected chi connectivity index (χ4v) is 1.88. The van der Waals surface area contributed by atoms with Crippen LogP contribution in [0, 0.1) is 13.8 Å². The van der Waals surface area contributed by atoms with Gasteiger partial charge in [-0.1, -0.05) is 12.1 Å². The van der Waals surface area contributed by atoms with Gasteiger partial charge in [0.25, 0.3) is 5.91 Å². The second-order valence-electron chi connectivity index (χ2n) is 4.60. The molecule has 0 aromatic carbocycles. The van der Waals surface area contributed by atoms with Crippen molar-refractivity contribution in [3.05, 3.63) is 34.5 Å². The molecule has 0 aliphatic rings. The van der Waals surface area contributed by atoms with Crippen molar-refractivity contribution in [3.63, 3.8) is 0 Å². The molecule has 19 heavy (non-hydrogen) atoms. The van der Waals surface area contributed by atoms with Crippen molar-refractivity contribution in [2.75, 3.05) is 7.05 Å². The van der Waals surface area contributed by atoms with E-state index in [2.05, 4.69) is 15.4 Å². The molecule has 1 amide bonds. The number of nitrogens with one attached hydrogen (secondary N) is 1. The Kier molecular flexibility index (Phi) is 3.69. The van der Waals surface area contributed by atoms with E-state index in [4.69, 9.17) is 4.52 Å². The molecule has 1 N–H and O–H groups in total. The highest BCUT2D eigenvalue weighted by Gasteiger charge is 2.18. The number of aromatic nitrogens is 3. The Labute approximate surface area is 111 Å². The first-order valence-electron chi connectivity index (χ1n) is 6.24. The number of aromatic amines is 1. The number of nitrogens with zero attached hydrogens (tertiary/aromatic N) is 3. The molecule has 2 rings (SSSR count). The van der Waals surface area contributed by atoms with Gasteiger partial charge in [0.2, 0.25) is 0 Å². The lowest BCUT2D eigenvalue weighted by molar-refractivity contribution is 0.0778. The van der Waals surface area contributed by atoms with Gasteiger partial charge in [-0.25, -0.2) is 0 Å².